The molecular formula is C12H20F2N2O3. The third kappa shape index (κ3) is 2.73. The lowest BCUT2D eigenvalue weighted by Crippen LogP contribution is -2.54. The minimum atomic E-state index is -3.13. The predicted octanol–water partition coefficient (Wildman–Crippen LogP) is -0.438. The minimum absolute atomic E-state index is 0.0239. The van der Waals surface area contributed by atoms with Crippen molar-refractivity contribution in [2.75, 3.05) is 26.2 Å². The fraction of sp³-hybridized carbons (Fsp3) is 0.917. The summed E-state index contributed by atoms with van der Waals surface area (Å²) in [5.74, 6) is -4.61. The summed E-state index contributed by atoms with van der Waals surface area (Å²) in [4.78, 5) is 13.5. The zero-order chi connectivity index (χ0) is 14.3. The number of carbonyl (C=O) groups is 1. The van der Waals surface area contributed by atoms with E-state index in [0.29, 0.717) is 12.8 Å². The quantitative estimate of drug-likeness (QED) is 0.651. The first kappa shape index (κ1) is 14.6. The van der Waals surface area contributed by atoms with E-state index in [1.165, 1.54) is 4.90 Å². The van der Waals surface area contributed by atoms with Crippen LogP contribution < -0.4 is 5.73 Å². The lowest BCUT2D eigenvalue weighted by Gasteiger charge is -2.43. The number of nitrogens with zero attached hydrogens (tertiary/aromatic N) is 1. The SMILES string of the molecule is NCC1(O)CC(C(=O)N2CCC(C(F)(F)CO)C2)C1. The number of alkyl halides is 2. The van der Waals surface area contributed by atoms with Crippen LogP contribution in [0.25, 0.3) is 0 Å². The van der Waals surface area contributed by atoms with E-state index in [1.807, 2.05) is 0 Å². The Hall–Kier alpha value is -0.790. The molecule has 1 saturated carbocycles. The third-order valence-electron chi connectivity index (χ3n) is 4.29. The number of carbonyl (C=O) groups excluding carboxylic acids is 1. The molecule has 0 aromatic heterocycles. The molecule has 2 fully saturated rings. The number of aliphatic hydroxyl groups is 2. The summed E-state index contributed by atoms with van der Waals surface area (Å²) < 4.78 is 26.6. The summed E-state index contributed by atoms with van der Waals surface area (Å²) in [7, 11) is 0. The van der Waals surface area contributed by atoms with Gasteiger partial charge in [-0.1, -0.05) is 0 Å². The normalized spacial score (nSPS) is 35.3. The van der Waals surface area contributed by atoms with Gasteiger partial charge in [-0.2, -0.15) is 0 Å². The molecule has 0 radical (unpaired) electrons. The van der Waals surface area contributed by atoms with E-state index in [1.54, 1.807) is 0 Å². The largest absolute Gasteiger partial charge is 0.390 e. The summed E-state index contributed by atoms with van der Waals surface area (Å²) in [6, 6.07) is 0. The van der Waals surface area contributed by atoms with Gasteiger partial charge >= 0.3 is 0 Å². The maximum absolute atomic E-state index is 13.3. The van der Waals surface area contributed by atoms with Gasteiger partial charge < -0.3 is 20.8 Å². The van der Waals surface area contributed by atoms with Gasteiger partial charge in [0.05, 0.1) is 5.60 Å². The van der Waals surface area contributed by atoms with Crippen LogP contribution in [0.4, 0.5) is 8.78 Å². The number of amides is 1. The van der Waals surface area contributed by atoms with Crippen molar-refractivity contribution < 1.29 is 23.8 Å². The van der Waals surface area contributed by atoms with Crippen LogP contribution in [-0.2, 0) is 4.79 Å². The van der Waals surface area contributed by atoms with Gasteiger partial charge in [-0.25, -0.2) is 8.78 Å². The minimum Gasteiger partial charge on any atom is -0.390 e. The van der Waals surface area contributed by atoms with E-state index in [4.69, 9.17) is 10.8 Å². The number of aliphatic hydroxyl groups excluding tert-OH is 1. The Morgan fingerprint density at radius 1 is 1.47 bits per heavy atom. The van der Waals surface area contributed by atoms with Crippen molar-refractivity contribution >= 4 is 5.91 Å². The van der Waals surface area contributed by atoms with E-state index in [0.717, 1.165) is 0 Å². The van der Waals surface area contributed by atoms with Gasteiger partial charge in [-0.05, 0) is 19.3 Å². The monoisotopic (exact) mass is 278 g/mol. The van der Waals surface area contributed by atoms with Crippen molar-refractivity contribution in [3.8, 4) is 0 Å². The van der Waals surface area contributed by atoms with E-state index >= 15 is 0 Å². The highest BCUT2D eigenvalue weighted by molar-refractivity contribution is 5.80. The van der Waals surface area contributed by atoms with E-state index in [9.17, 15) is 18.7 Å². The van der Waals surface area contributed by atoms with Crippen molar-refractivity contribution in [3.05, 3.63) is 0 Å². The van der Waals surface area contributed by atoms with Crippen LogP contribution in [0.2, 0.25) is 0 Å². The Labute approximate surface area is 110 Å². The Morgan fingerprint density at radius 2 is 2.11 bits per heavy atom. The fourth-order valence-electron chi connectivity index (χ4n) is 2.89. The second-order valence-electron chi connectivity index (χ2n) is 5.72. The second-order valence-corrected chi connectivity index (χ2v) is 5.72. The predicted molar refractivity (Wildman–Crippen MR) is 63.4 cm³/mol. The van der Waals surface area contributed by atoms with Crippen LogP contribution in [0.3, 0.4) is 0 Å². The molecule has 1 aliphatic carbocycles. The van der Waals surface area contributed by atoms with Crippen molar-refractivity contribution in [3.63, 3.8) is 0 Å². The lowest BCUT2D eigenvalue weighted by molar-refractivity contribution is -0.150. The number of hydrogen-bond donors (Lipinski definition) is 3. The van der Waals surface area contributed by atoms with Gasteiger partial charge in [-0.3, -0.25) is 4.79 Å². The van der Waals surface area contributed by atoms with Crippen molar-refractivity contribution in [1.29, 1.82) is 0 Å². The zero-order valence-electron chi connectivity index (χ0n) is 10.7. The molecule has 1 unspecified atom stereocenters. The van der Waals surface area contributed by atoms with E-state index in [-0.39, 0.29) is 37.9 Å². The maximum Gasteiger partial charge on any atom is 0.275 e. The Bertz CT molecular complexity index is 359. The van der Waals surface area contributed by atoms with Gasteiger partial charge in [0.2, 0.25) is 5.91 Å². The summed E-state index contributed by atoms with van der Waals surface area (Å²) in [5, 5.41) is 18.4. The van der Waals surface area contributed by atoms with E-state index < -0.39 is 24.0 Å². The first-order valence-electron chi connectivity index (χ1n) is 6.51. The molecule has 4 N–H and O–H groups in total. The number of rotatable bonds is 4. The van der Waals surface area contributed by atoms with Gasteiger partial charge in [-0.15, -0.1) is 0 Å². The van der Waals surface area contributed by atoms with Crippen LogP contribution in [0.5, 0.6) is 0 Å². The number of halogens is 2. The number of likely N-dealkylation sites (tertiary alicyclic amines) is 1. The Balaban J connectivity index is 1.87. The summed E-state index contributed by atoms with van der Waals surface area (Å²) in [6.07, 6.45) is 0.812. The highest BCUT2D eigenvalue weighted by Crippen LogP contribution is 2.40. The molecule has 5 nitrogen and oxygen atoms in total. The molecule has 1 atom stereocenters. The van der Waals surface area contributed by atoms with Crippen molar-refractivity contribution in [2.45, 2.75) is 30.8 Å². The lowest BCUT2D eigenvalue weighted by atomic mass is 9.70. The van der Waals surface area contributed by atoms with Crippen LogP contribution in [0.1, 0.15) is 19.3 Å². The smallest absolute Gasteiger partial charge is 0.275 e. The van der Waals surface area contributed by atoms with Gasteiger partial charge in [0.25, 0.3) is 5.92 Å². The highest BCUT2D eigenvalue weighted by atomic mass is 19.3. The van der Waals surface area contributed by atoms with Crippen molar-refractivity contribution in [2.24, 2.45) is 17.6 Å². The van der Waals surface area contributed by atoms with Crippen molar-refractivity contribution in [1.82, 2.24) is 4.90 Å². The van der Waals surface area contributed by atoms with Crippen LogP contribution in [0.15, 0.2) is 0 Å². The third-order valence-corrected chi connectivity index (χ3v) is 4.29. The summed E-state index contributed by atoms with van der Waals surface area (Å²) >= 11 is 0. The Kier molecular flexibility index (Phi) is 3.81. The molecule has 2 rings (SSSR count). The standard InChI is InChI=1S/C12H20F2N2O3/c13-12(14,7-17)9-1-2-16(5-9)10(18)8-3-11(19,4-8)6-15/h8-9,17,19H,1-7,15H2. The highest BCUT2D eigenvalue weighted by Gasteiger charge is 2.49. The summed E-state index contributed by atoms with van der Waals surface area (Å²) in [6.45, 7) is -0.807. The molecule has 0 aromatic carbocycles. The van der Waals surface area contributed by atoms with Gasteiger partial charge in [0.1, 0.15) is 6.61 Å². The molecule has 0 aromatic rings. The number of nitrogens with two attached hydrogens (primary N) is 1. The molecule has 0 spiro atoms. The van der Waals surface area contributed by atoms with E-state index in [2.05, 4.69) is 0 Å². The van der Waals surface area contributed by atoms with Crippen LogP contribution in [0, 0.1) is 11.8 Å². The Morgan fingerprint density at radius 3 is 2.63 bits per heavy atom. The van der Waals surface area contributed by atoms with Crippen LogP contribution in [-0.4, -0.2) is 58.8 Å². The average Bonchev–Trinajstić information content (AvgIpc) is 2.84. The summed E-state index contributed by atoms with van der Waals surface area (Å²) in [5.41, 5.74) is 4.42. The number of hydrogen-bond acceptors (Lipinski definition) is 4. The molecule has 1 aliphatic heterocycles. The molecule has 1 saturated heterocycles. The molecule has 7 heteroatoms. The molecule has 2 aliphatic rings. The van der Waals surface area contributed by atoms with Gasteiger partial charge in [0, 0.05) is 31.5 Å². The maximum atomic E-state index is 13.3. The molecule has 1 amide bonds. The fourth-order valence-corrected chi connectivity index (χ4v) is 2.89. The average molecular weight is 278 g/mol. The first-order valence-corrected chi connectivity index (χ1v) is 6.51. The molecule has 0 bridgehead atoms. The topological polar surface area (TPSA) is 86.8 Å². The van der Waals surface area contributed by atoms with Gasteiger partial charge in [0.15, 0.2) is 0 Å². The second kappa shape index (κ2) is 4.96. The molecule has 110 valence electrons. The molecule has 1 heterocycles. The molecule has 19 heavy (non-hydrogen) atoms. The first-order chi connectivity index (χ1) is 8.81. The van der Waals surface area contributed by atoms with Crippen LogP contribution >= 0.6 is 0 Å². The zero-order valence-corrected chi connectivity index (χ0v) is 10.7. The molecular weight excluding hydrogens is 258 g/mol.